The maximum atomic E-state index is 13.8. The second-order valence-electron chi connectivity index (χ2n) is 8.26. The topological polar surface area (TPSA) is 64.7 Å². The predicted molar refractivity (Wildman–Crippen MR) is 126 cm³/mol. The number of hydrogen-bond donors (Lipinski definition) is 2. The van der Waals surface area contributed by atoms with Crippen molar-refractivity contribution in [3.8, 4) is 0 Å². The van der Waals surface area contributed by atoms with E-state index in [1.807, 2.05) is 42.2 Å². The highest BCUT2D eigenvalue weighted by Gasteiger charge is 2.50. The van der Waals surface area contributed by atoms with Gasteiger partial charge < -0.3 is 20.4 Å². The van der Waals surface area contributed by atoms with E-state index in [0.29, 0.717) is 31.6 Å². The second kappa shape index (κ2) is 9.12. The molecule has 8 heteroatoms. The molecule has 6 nitrogen and oxygen atoms in total. The van der Waals surface area contributed by atoms with Gasteiger partial charge in [-0.05, 0) is 72.7 Å². The van der Waals surface area contributed by atoms with E-state index < -0.39 is 5.54 Å². The minimum Gasteiger partial charge on any atom is -0.348 e. The fourth-order valence-electron chi connectivity index (χ4n) is 4.55. The van der Waals surface area contributed by atoms with Crippen LogP contribution in [0.2, 0.25) is 0 Å². The number of amides is 2. The van der Waals surface area contributed by atoms with Crippen LogP contribution in [0.4, 0.5) is 10.1 Å². The van der Waals surface area contributed by atoms with Gasteiger partial charge in [0.2, 0.25) is 5.91 Å². The van der Waals surface area contributed by atoms with E-state index in [1.54, 1.807) is 6.07 Å². The Morgan fingerprint density at radius 2 is 1.97 bits per heavy atom. The van der Waals surface area contributed by atoms with Crippen LogP contribution in [0.25, 0.3) is 0 Å². The van der Waals surface area contributed by atoms with Crippen LogP contribution in [0, 0.1) is 9.39 Å². The van der Waals surface area contributed by atoms with Crippen molar-refractivity contribution in [2.75, 3.05) is 31.2 Å². The lowest BCUT2D eigenvalue weighted by Gasteiger charge is -2.43. The Morgan fingerprint density at radius 3 is 2.68 bits per heavy atom. The van der Waals surface area contributed by atoms with Crippen molar-refractivity contribution in [1.29, 1.82) is 0 Å². The standard InChI is InChI=1S/C23H26FIN4O2/c1-16(27-21(30)19-7-2-3-8-20(19)25)14-28-11-9-23(10-12-28)22(31)26-15-29(23)18-6-4-5-17(24)13-18/h2-8,13,16H,9-12,14-15H2,1H3,(H,26,31)(H,27,30)/t16-/m1/s1. The third kappa shape index (κ3) is 4.55. The van der Waals surface area contributed by atoms with Gasteiger partial charge in [0.15, 0.2) is 0 Å². The molecule has 2 aromatic carbocycles. The monoisotopic (exact) mass is 536 g/mol. The van der Waals surface area contributed by atoms with Gasteiger partial charge in [-0.15, -0.1) is 0 Å². The molecule has 2 heterocycles. The Bertz CT molecular complexity index is 978. The summed E-state index contributed by atoms with van der Waals surface area (Å²) in [5, 5.41) is 6.02. The molecule has 2 aliphatic heterocycles. The SMILES string of the molecule is C[C@H](CN1CCC2(CC1)C(=O)NCN2c1cccc(F)c1)NC(=O)c1ccccc1I. The summed E-state index contributed by atoms with van der Waals surface area (Å²) in [4.78, 5) is 29.6. The molecule has 0 aliphatic carbocycles. The largest absolute Gasteiger partial charge is 0.348 e. The second-order valence-corrected chi connectivity index (χ2v) is 9.42. The number of carbonyl (C=O) groups is 2. The highest BCUT2D eigenvalue weighted by atomic mass is 127. The maximum absolute atomic E-state index is 13.8. The van der Waals surface area contributed by atoms with Crippen LogP contribution < -0.4 is 15.5 Å². The molecule has 0 aromatic heterocycles. The van der Waals surface area contributed by atoms with Crippen molar-refractivity contribution in [2.45, 2.75) is 31.3 Å². The van der Waals surface area contributed by atoms with Gasteiger partial charge in [-0.25, -0.2) is 4.39 Å². The lowest BCUT2D eigenvalue weighted by Crippen LogP contribution is -2.57. The van der Waals surface area contributed by atoms with Crippen molar-refractivity contribution in [3.05, 3.63) is 63.5 Å². The van der Waals surface area contributed by atoms with E-state index in [4.69, 9.17) is 0 Å². The lowest BCUT2D eigenvalue weighted by molar-refractivity contribution is -0.125. The van der Waals surface area contributed by atoms with E-state index in [9.17, 15) is 14.0 Å². The van der Waals surface area contributed by atoms with Crippen LogP contribution in [0.5, 0.6) is 0 Å². The highest BCUT2D eigenvalue weighted by molar-refractivity contribution is 14.1. The fraction of sp³-hybridized carbons (Fsp3) is 0.391. The normalized spacial score (nSPS) is 19.3. The van der Waals surface area contributed by atoms with Crippen molar-refractivity contribution in [2.24, 2.45) is 0 Å². The molecule has 0 saturated carbocycles. The van der Waals surface area contributed by atoms with Crippen LogP contribution in [0.1, 0.15) is 30.1 Å². The molecule has 4 rings (SSSR count). The predicted octanol–water partition coefficient (Wildman–Crippen LogP) is 2.98. The Labute approximate surface area is 195 Å². The number of carbonyl (C=O) groups excluding carboxylic acids is 2. The van der Waals surface area contributed by atoms with Crippen molar-refractivity contribution in [3.63, 3.8) is 0 Å². The quantitative estimate of drug-likeness (QED) is 0.578. The molecule has 2 N–H and O–H groups in total. The Morgan fingerprint density at radius 1 is 1.23 bits per heavy atom. The van der Waals surface area contributed by atoms with Gasteiger partial charge in [-0.2, -0.15) is 0 Å². The molecule has 0 unspecified atom stereocenters. The minimum absolute atomic E-state index is 0.0106. The zero-order valence-corrected chi connectivity index (χ0v) is 19.6. The molecular formula is C23H26FIN4O2. The highest BCUT2D eigenvalue weighted by Crippen LogP contribution is 2.36. The summed E-state index contributed by atoms with van der Waals surface area (Å²) in [7, 11) is 0. The Balaban J connectivity index is 1.37. The van der Waals surface area contributed by atoms with Crippen molar-refractivity contribution in [1.82, 2.24) is 15.5 Å². The number of benzene rings is 2. The van der Waals surface area contributed by atoms with Crippen molar-refractivity contribution >= 4 is 40.1 Å². The van der Waals surface area contributed by atoms with Crippen molar-refractivity contribution < 1.29 is 14.0 Å². The zero-order chi connectivity index (χ0) is 22.0. The number of nitrogens with one attached hydrogen (secondary N) is 2. The van der Waals surface area contributed by atoms with Crippen LogP contribution >= 0.6 is 22.6 Å². The Kier molecular flexibility index (Phi) is 6.47. The first kappa shape index (κ1) is 22.0. The number of likely N-dealkylation sites (tertiary alicyclic amines) is 1. The number of rotatable bonds is 5. The van der Waals surface area contributed by atoms with E-state index in [2.05, 4.69) is 38.1 Å². The summed E-state index contributed by atoms with van der Waals surface area (Å²) < 4.78 is 14.7. The summed E-state index contributed by atoms with van der Waals surface area (Å²) >= 11 is 2.17. The zero-order valence-electron chi connectivity index (χ0n) is 17.4. The maximum Gasteiger partial charge on any atom is 0.252 e. The van der Waals surface area contributed by atoms with Gasteiger partial charge in [0.1, 0.15) is 11.4 Å². The van der Waals surface area contributed by atoms with Gasteiger partial charge in [0.25, 0.3) is 5.91 Å². The average molecular weight is 536 g/mol. The lowest BCUT2D eigenvalue weighted by atomic mass is 9.85. The number of halogens is 2. The van der Waals surface area contributed by atoms with Gasteiger partial charge >= 0.3 is 0 Å². The molecule has 1 spiro atoms. The molecule has 2 fully saturated rings. The summed E-state index contributed by atoms with van der Waals surface area (Å²) in [6.45, 7) is 4.58. The minimum atomic E-state index is -0.642. The molecule has 0 radical (unpaired) electrons. The van der Waals surface area contributed by atoms with E-state index in [0.717, 1.165) is 22.3 Å². The van der Waals surface area contributed by atoms with E-state index >= 15 is 0 Å². The number of hydrogen-bond acceptors (Lipinski definition) is 4. The average Bonchev–Trinajstić information content (AvgIpc) is 3.05. The molecule has 2 amide bonds. The first-order valence-electron chi connectivity index (χ1n) is 10.5. The summed E-state index contributed by atoms with van der Waals surface area (Å²) in [6, 6.07) is 13.9. The van der Waals surface area contributed by atoms with E-state index in [-0.39, 0.29) is 23.7 Å². The first-order valence-corrected chi connectivity index (χ1v) is 11.6. The summed E-state index contributed by atoms with van der Waals surface area (Å²) in [6.07, 6.45) is 1.32. The molecule has 164 valence electrons. The first-order chi connectivity index (χ1) is 14.9. The van der Waals surface area contributed by atoms with E-state index in [1.165, 1.54) is 12.1 Å². The molecular weight excluding hydrogens is 510 g/mol. The van der Waals surface area contributed by atoms with Gasteiger partial charge in [0, 0.05) is 34.9 Å². The molecule has 2 aromatic rings. The molecule has 0 bridgehead atoms. The smallest absolute Gasteiger partial charge is 0.252 e. The van der Waals surface area contributed by atoms with Crippen LogP contribution in [0.15, 0.2) is 48.5 Å². The molecule has 1 atom stereocenters. The number of anilines is 1. The third-order valence-electron chi connectivity index (χ3n) is 6.17. The summed E-state index contributed by atoms with van der Waals surface area (Å²) in [5.41, 5.74) is 0.766. The van der Waals surface area contributed by atoms with Crippen LogP contribution in [0.3, 0.4) is 0 Å². The number of nitrogens with zero attached hydrogens (tertiary/aromatic N) is 2. The van der Waals surface area contributed by atoms with Gasteiger partial charge in [-0.1, -0.05) is 18.2 Å². The number of piperidine rings is 1. The van der Waals surface area contributed by atoms with Gasteiger partial charge in [0.05, 0.1) is 12.2 Å². The third-order valence-corrected chi connectivity index (χ3v) is 7.11. The molecule has 2 aliphatic rings. The van der Waals surface area contributed by atoms with Crippen LogP contribution in [-0.2, 0) is 4.79 Å². The van der Waals surface area contributed by atoms with Gasteiger partial charge in [-0.3, -0.25) is 9.59 Å². The molecule has 31 heavy (non-hydrogen) atoms. The summed E-state index contributed by atoms with van der Waals surface area (Å²) in [5.74, 6) is -0.364. The fourth-order valence-corrected chi connectivity index (χ4v) is 5.19. The van der Waals surface area contributed by atoms with Crippen LogP contribution in [-0.4, -0.2) is 54.6 Å². The Hall–Kier alpha value is -2.20. The molecule has 2 saturated heterocycles.